The molecule has 17 heavy (non-hydrogen) atoms. The second-order valence-electron chi connectivity index (χ2n) is 3.07. The van der Waals surface area contributed by atoms with Gasteiger partial charge in [0, 0.05) is 6.42 Å². The predicted molar refractivity (Wildman–Crippen MR) is 57.1 cm³/mol. The van der Waals surface area contributed by atoms with Gasteiger partial charge >= 0.3 is 19.2 Å². The molecule has 0 aliphatic rings. The van der Waals surface area contributed by atoms with Gasteiger partial charge in [0.05, 0.1) is 26.7 Å². The SMILES string of the molecule is CCOP(=O)(OCC)C(F)(F)CCC(=O)OC. The summed E-state index contributed by atoms with van der Waals surface area (Å²) in [5.74, 6) is -0.802. The van der Waals surface area contributed by atoms with Crippen LogP contribution in [0.25, 0.3) is 0 Å². The summed E-state index contributed by atoms with van der Waals surface area (Å²) in [7, 11) is -3.44. The lowest BCUT2D eigenvalue weighted by molar-refractivity contribution is -0.141. The summed E-state index contributed by atoms with van der Waals surface area (Å²) in [5.41, 5.74) is -3.70. The van der Waals surface area contributed by atoms with Crippen molar-refractivity contribution < 1.29 is 31.9 Å². The number of ether oxygens (including phenoxy) is 1. The highest BCUT2D eigenvalue weighted by molar-refractivity contribution is 7.55. The topological polar surface area (TPSA) is 61.8 Å². The highest BCUT2D eigenvalue weighted by atomic mass is 31.2. The minimum Gasteiger partial charge on any atom is -0.469 e. The van der Waals surface area contributed by atoms with Crippen LogP contribution in [0.5, 0.6) is 0 Å². The standard InChI is InChI=1S/C9H17F2O5P/c1-4-15-17(13,16-5-2)9(10,11)7-6-8(12)14-3/h4-7H2,1-3H3. The fraction of sp³-hybridized carbons (Fsp3) is 0.889. The van der Waals surface area contributed by atoms with Crippen LogP contribution in [0.3, 0.4) is 0 Å². The summed E-state index contributed by atoms with van der Waals surface area (Å²) < 4.78 is 52.3. The molecule has 5 nitrogen and oxygen atoms in total. The van der Waals surface area contributed by atoms with Crippen LogP contribution in [0.2, 0.25) is 0 Å². The lowest BCUT2D eigenvalue weighted by Gasteiger charge is -2.25. The molecule has 0 fully saturated rings. The van der Waals surface area contributed by atoms with Crippen molar-refractivity contribution in [1.82, 2.24) is 0 Å². The van der Waals surface area contributed by atoms with E-state index in [-0.39, 0.29) is 13.2 Å². The molecule has 0 heterocycles. The molecule has 0 aliphatic heterocycles. The Hall–Kier alpha value is -0.520. The van der Waals surface area contributed by atoms with E-state index in [9.17, 15) is 18.1 Å². The van der Waals surface area contributed by atoms with E-state index in [0.717, 1.165) is 7.11 Å². The Bertz CT molecular complexity index is 285. The van der Waals surface area contributed by atoms with Crippen molar-refractivity contribution in [2.75, 3.05) is 20.3 Å². The van der Waals surface area contributed by atoms with Gasteiger partial charge < -0.3 is 13.8 Å². The maximum absolute atomic E-state index is 13.6. The third-order valence-electron chi connectivity index (χ3n) is 1.86. The highest BCUT2D eigenvalue weighted by Gasteiger charge is 2.53. The molecule has 8 heteroatoms. The lowest BCUT2D eigenvalue weighted by Crippen LogP contribution is -2.22. The molecule has 0 unspecified atom stereocenters. The van der Waals surface area contributed by atoms with Gasteiger partial charge in [0.25, 0.3) is 0 Å². The molecule has 0 atom stereocenters. The number of rotatable bonds is 8. The molecule has 102 valence electrons. The Morgan fingerprint density at radius 1 is 1.24 bits per heavy atom. The third kappa shape index (κ3) is 4.69. The molecule has 0 bridgehead atoms. The van der Waals surface area contributed by atoms with Gasteiger partial charge in [-0.1, -0.05) is 0 Å². The molecule has 0 N–H and O–H groups in total. The van der Waals surface area contributed by atoms with Gasteiger partial charge in [0.1, 0.15) is 0 Å². The number of carbonyl (C=O) groups excluding carboxylic acids is 1. The average Bonchev–Trinajstić information content (AvgIpc) is 2.26. The van der Waals surface area contributed by atoms with E-state index in [4.69, 9.17) is 0 Å². The minimum absolute atomic E-state index is 0.162. The van der Waals surface area contributed by atoms with Crippen molar-refractivity contribution in [1.29, 1.82) is 0 Å². The van der Waals surface area contributed by atoms with Crippen molar-refractivity contribution in [3.05, 3.63) is 0 Å². The summed E-state index contributed by atoms with van der Waals surface area (Å²) >= 11 is 0. The van der Waals surface area contributed by atoms with Gasteiger partial charge in [-0.2, -0.15) is 8.78 Å². The van der Waals surface area contributed by atoms with Crippen LogP contribution in [-0.2, 0) is 23.1 Å². The molecule has 0 aliphatic carbocycles. The van der Waals surface area contributed by atoms with Gasteiger partial charge in [0.15, 0.2) is 0 Å². The molecule has 0 aromatic rings. The van der Waals surface area contributed by atoms with Crippen LogP contribution in [0, 0.1) is 0 Å². The molecule has 0 radical (unpaired) electrons. The molecule has 0 aromatic carbocycles. The monoisotopic (exact) mass is 274 g/mol. The van der Waals surface area contributed by atoms with Crippen molar-refractivity contribution >= 4 is 13.6 Å². The average molecular weight is 274 g/mol. The number of carbonyl (C=O) groups is 1. The first kappa shape index (κ1) is 16.5. The van der Waals surface area contributed by atoms with E-state index in [1.807, 2.05) is 0 Å². The number of esters is 1. The lowest BCUT2D eigenvalue weighted by atomic mass is 10.3. The second kappa shape index (κ2) is 7.03. The van der Waals surface area contributed by atoms with E-state index in [0.29, 0.717) is 0 Å². The van der Waals surface area contributed by atoms with Gasteiger partial charge in [0.2, 0.25) is 0 Å². The van der Waals surface area contributed by atoms with E-state index in [1.165, 1.54) is 13.8 Å². The smallest absolute Gasteiger partial charge is 0.399 e. The second-order valence-corrected chi connectivity index (χ2v) is 5.24. The third-order valence-corrected chi connectivity index (χ3v) is 4.08. The summed E-state index contributed by atoms with van der Waals surface area (Å²) in [5, 5.41) is 0. The summed E-state index contributed by atoms with van der Waals surface area (Å²) in [4.78, 5) is 10.8. The maximum atomic E-state index is 13.6. The Labute approximate surface area is 99.0 Å². The number of hydrogen-bond acceptors (Lipinski definition) is 5. The van der Waals surface area contributed by atoms with Crippen LogP contribution in [0.1, 0.15) is 26.7 Å². The minimum atomic E-state index is -4.53. The summed E-state index contributed by atoms with van der Waals surface area (Å²) in [6.07, 6.45) is -1.48. The zero-order chi connectivity index (χ0) is 13.5. The van der Waals surface area contributed by atoms with E-state index < -0.39 is 32.1 Å². The molecule has 0 spiro atoms. The summed E-state index contributed by atoms with van der Waals surface area (Å²) in [6.45, 7) is 2.54. The maximum Gasteiger partial charge on any atom is 0.399 e. The molecule has 0 aromatic heterocycles. The van der Waals surface area contributed by atoms with Crippen molar-refractivity contribution in [2.24, 2.45) is 0 Å². The molecule has 0 saturated heterocycles. The van der Waals surface area contributed by atoms with Crippen LogP contribution >= 0.6 is 7.60 Å². The first-order valence-corrected chi connectivity index (χ1v) is 6.71. The van der Waals surface area contributed by atoms with Crippen molar-refractivity contribution in [3.8, 4) is 0 Å². The van der Waals surface area contributed by atoms with E-state index in [2.05, 4.69) is 13.8 Å². The normalized spacial score (nSPS) is 12.5. The van der Waals surface area contributed by atoms with Crippen LogP contribution in [0.15, 0.2) is 0 Å². The Balaban J connectivity index is 4.71. The molecular weight excluding hydrogens is 257 g/mol. The highest BCUT2D eigenvalue weighted by Crippen LogP contribution is 2.63. The predicted octanol–water partition coefficient (Wildman–Crippen LogP) is 2.80. The Morgan fingerprint density at radius 2 is 1.71 bits per heavy atom. The molecule has 0 amide bonds. The van der Waals surface area contributed by atoms with Crippen molar-refractivity contribution in [2.45, 2.75) is 32.4 Å². The fourth-order valence-electron chi connectivity index (χ4n) is 1.06. The molecular formula is C9H17F2O5P. The Morgan fingerprint density at radius 3 is 2.06 bits per heavy atom. The summed E-state index contributed by atoms with van der Waals surface area (Å²) in [6, 6.07) is 0. The largest absolute Gasteiger partial charge is 0.469 e. The van der Waals surface area contributed by atoms with Crippen LogP contribution in [-0.4, -0.2) is 32.0 Å². The van der Waals surface area contributed by atoms with Gasteiger partial charge in [-0.05, 0) is 13.8 Å². The van der Waals surface area contributed by atoms with Gasteiger partial charge in [-0.25, -0.2) is 0 Å². The number of halogens is 2. The number of hydrogen-bond donors (Lipinski definition) is 0. The molecule has 0 saturated carbocycles. The molecule has 0 rings (SSSR count). The zero-order valence-corrected chi connectivity index (χ0v) is 11.0. The van der Waals surface area contributed by atoms with Gasteiger partial charge in [-0.3, -0.25) is 9.36 Å². The number of alkyl halides is 2. The van der Waals surface area contributed by atoms with E-state index >= 15 is 0 Å². The first-order valence-electron chi connectivity index (χ1n) is 5.16. The fourth-order valence-corrected chi connectivity index (χ4v) is 2.58. The van der Waals surface area contributed by atoms with Gasteiger partial charge in [-0.15, -0.1) is 0 Å². The Kier molecular flexibility index (Phi) is 6.82. The first-order chi connectivity index (χ1) is 7.83. The van der Waals surface area contributed by atoms with Crippen LogP contribution in [0.4, 0.5) is 8.78 Å². The number of methoxy groups -OCH3 is 1. The van der Waals surface area contributed by atoms with Crippen molar-refractivity contribution in [3.63, 3.8) is 0 Å². The quantitative estimate of drug-likeness (QED) is 0.503. The van der Waals surface area contributed by atoms with E-state index in [1.54, 1.807) is 0 Å². The van der Waals surface area contributed by atoms with Crippen LogP contribution < -0.4 is 0 Å². The zero-order valence-electron chi connectivity index (χ0n) is 10.1.